The van der Waals surface area contributed by atoms with E-state index >= 15 is 0 Å². The largest absolute Gasteiger partial charge is 0.383 e. The van der Waals surface area contributed by atoms with Crippen LogP contribution in [0, 0.1) is 5.92 Å². The molecular formula is C23H29N7O2S. The number of benzene rings is 1. The van der Waals surface area contributed by atoms with Crippen molar-refractivity contribution in [3.05, 3.63) is 36.8 Å². The number of sulfonamides is 1. The summed E-state index contributed by atoms with van der Waals surface area (Å²) in [6.07, 6.45) is 6.71. The van der Waals surface area contributed by atoms with Gasteiger partial charge in [0, 0.05) is 42.3 Å². The molecule has 0 spiro atoms. The topological polar surface area (TPSA) is 123 Å². The lowest BCUT2D eigenvalue weighted by Gasteiger charge is -2.31. The third-order valence-electron chi connectivity index (χ3n) is 6.56. The van der Waals surface area contributed by atoms with Gasteiger partial charge in [-0.15, -0.1) is 0 Å². The molecule has 0 atom stereocenters. The molecule has 1 aliphatic rings. The minimum Gasteiger partial charge on any atom is -0.383 e. The van der Waals surface area contributed by atoms with Crippen LogP contribution < -0.4 is 5.73 Å². The zero-order valence-corrected chi connectivity index (χ0v) is 19.6. The number of piperidine rings is 1. The molecule has 0 unspecified atom stereocenters. The first kappa shape index (κ1) is 21.8. The Bertz CT molecular complexity index is 1380. The van der Waals surface area contributed by atoms with Crippen LogP contribution in [-0.4, -0.2) is 56.3 Å². The highest BCUT2D eigenvalue weighted by atomic mass is 32.2. The van der Waals surface area contributed by atoms with Crippen LogP contribution in [0.4, 0.5) is 5.82 Å². The van der Waals surface area contributed by atoms with Crippen molar-refractivity contribution in [2.24, 2.45) is 5.92 Å². The SMILES string of the molecule is CCCS(=O)(=O)N1CCC(CCn2nc(-c3ccc4[nH]ccc4c3)c3c(N)ncnc32)CC1. The summed E-state index contributed by atoms with van der Waals surface area (Å²) in [5.74, 6) is 1.11. The van der Waals surface area contributed by atoms with Gasteiger partial charge in [-0.05, 0) is 49.8 Å². The van der Waals surface area contributed by atoms with Gasteiger partial charge in [-0.1, -0.05) is 13.0 Å². The molecule has 33 heavy (non-hydrogen) atoms. The van der Waals surface area contributed by atoms with Crippen LogP contribution in [0.15, 0.2) is 36.8 Å². The minimum atomic E-state index is -3.11. The molecule has 3 aromatic heterocycles. The van der Waals surface area contributed by atoms with Crippen molar-refractivity contribution in [3.8, 4) is 11.3 Å². The van der Waals surface area contributed by atoms with E-state index in [2.05, 4.69) is 21.0 Å². The van der Waals surface area contributed by atoms with Crippen LogP contribution in [0.3, 0.4) is 0 Å². The van der Waals surface area contributed by atoms with Gasteiger partial charge in [0.05, 0.1) is 11.1 Å². The number of rotatable bonds is 7. The van der Waals surface area contributed by atoms with Crippen molar-refractivity contribution >= 4 is 37.8 Å². The normalized spacial score (nSPS) is 16.2. The fraction of sp³-hybridized carbons (Fsp3) is 0.435. The summed E-state index contributed by atoms with van der Waals surface area (Å²) in [6, 6.07) is 8.20. The highest BCUT2D eigenvalue weighted by molar-refractivity contribution is 7.89. The summed E-state index contributed by atoms with van der Waals surface area (Å²) in [5.41, 5.74) is 9.80. The summed E-state index contributed by atoms with van der Waals surface area (Å²) < 4.78 is 28.2. The fourth-order valence-electron chi connectivity index (χ4n) is 4.76. The van der Waals surface area contributed by atoms with E-state index in [1.165, 1.54) is 6.33 Å². The molecule has 0 saturated carbocycles. The van der Waals surface area contributed by atoms with Crippen LogP contribution in [0.1, 0.15) is 32.6 Å². The number of nitrogens with zero attached hydrogens (tertiary/aromatic N) is 5. The molecule has 1 fully saturated rings. The number of nitrogens with two attached hydrogens (primary N) is 1. The lowest BCUT2D eigenvalue weighted by atomic mass is 9.95. The van der Waals surface area contributed by atoms with E-state index in [-0.39, 0.29) is 5.75 Å². The summed E-state index contributed by atoms with van der Waals surface area (Å²) in [7, 11) is -3.11. The second kappa shape index (κ2) is 8.75. The zero-order valence-electron chi connectivity index (χ0n) is 18.7. The van der Waals surface area contributed by atoms with E-state index in [4.69, 9.17) is 10.8 Å². The molecule has 0 aliphatic carbocycles. The molecule has 3 N–H and O–H groups in total. The lowest BCUT2D eigenvalue weighted by molar-refractivity contribution is 0.255. The van der Waals surface area contributed by atoms with E-state index in [9.17, 15) is 8.42 Å². The number of fused-ring (bicyclic) bond motifs is 2. The Morgan fingerprint density at radius 2 is 2.00 bits per heavy atom. The van der Waals surface area contributed by atoms with Gasteiger partial charge in [-0.3, -0.25) is 0 Å². The Morgan fingerprint density at radius 3 is 2.79 bits per heavy atom. The maximum Gasteiger partial charge on any atom is 0.214 e. The predicted molar refractivity (Wildman–Crippen MR) is 130 cm³/mol. The van der Waals surface area contributed by atoms with Gasteiger partial charge in [-0.25, -0.2) is 27.4 Å². The number of anilines is 1. The van der Waals surface area contributed by atoms with Gasteiger partial charge in [-0.2, -0.15) is 5.10 Å². The molecule has 1 saturated heterocycles. The maximum atomic E-state index is 12.3. The number of aromatic amines is 1. The molecule has 174 valence electrons. The molecule has 10 heteroatoms. The number of hydrogen-bond acceptors (Lipinski definition) is 6. The number of nitrogen functional groups attached to an aromatic ring is 1. The molecule has 0 bridgehead atoms. The molecular weight excluding hydrogens is 438 g/mol. The first-order valence-electron chi connectivity index (χ1n) is 11.5. The zero-order chi connectivity index (χ0) is 23.0. The Balaban J connectivity index is 1.36. The second-order valence-electron chi connectivity index (χ2n) is 8.76. The number of nitrogens with one attached hydrogen (secondary N) is 1. The molecule has 4 heterocycles. The Morgan fingerprint density at radius 1 is 1.18 bits per heavy atom. The maximum absolute atomic E-state index is 12.3. The van der Waals surface area contributed by atoms with E-state index in [0.717, 1.165) is 52.5 Å². The second-order valence-corrected chi connectivity index (χ2v) is 10.8. The predicted octanol–water partition coefficient (Wildman–Crippen LogP) is 3.40. The Labute approximate surface area is 193 Å². The average molecular weight is 468 g/mol. The molecule has 0 radical (unpaired) electrons. The van der Waals surface area contributed by atoms with Crippen molar-refractivity contribution < 1.29 is 8.42 Å². The Kier molecular flexibility index (Phi) is 5.79. The smallest absolute Gasteiger partial charge is 0.214 e. The third kappa shape index (κ3) is 4.20. The van der Waals surface area contributed by atoms with Crippen molar-refractivity contribution in [1.82, 2.24) is 29.0 Å². The molecule has 9 nitrogen and oxygen atoms in total. The molecule has 1 aliphatic heterocycles. The van der Waals surface area contributed by atoms with E-state index in [1.54, 1.807) is 4.31 Å². The van der Waals surface area contributed by atoms with Crippen LogP contribution >= 0.6 is 0 Å². The summed E-state index contributed by atoms with van der Waals surface area (Å²) >= 11 is 0. The van der Waals surface area contributed by atoms with E-state index in [1.807, 2.05) is 36.0 Å². The van der Waals surface area contributed by atoms with Crippen molar-refractivity contribution in [2.45, 2.75) is 39.2 Å². The van der Waals surface area contributed by atoms with Crippen LogP contribution in [-0.2, 0) is 16.6 Å². The first-order valence-corrected chi connectivity index (χ1v) is 13.1. The van der Waals surface area contributed by atoms with Gasteiger partial charge < -0.3 is 10.7 Å². The lowest BCUT2D eigenvalue weighted by Crippen LogP contribution is -2.39. The minimum absolute atomic E-state index is 0.232. The molecule has 0 amide bonds. The molecule has 5 rings (SSSR count). The quantitative estimate of drug-likeness (QED) is 0.429. The van der Waals surface area contributed by atoms with Crippen LogP contribution in [0.5, 0.6) is 0 Å². The highest BCUT2D eigenvalue weighted by Crippen LogP contribution is 2.32. The Hall–Kier alpha value is -2.98. The molecule has 1 aromatic carbocycles. The van der Waals surface area contributed by atoms with Crippen molar-refractivity contribution in [3.63, 3.8) is 0 Å². The number of H-pyrrole nitrogens is 1. The van der Waals surface area contributed by atoms with Crippen molar-refractivity contribution in [1.29, 1.82) is 0 Å². The number of aromatic nitrogens is 5. The average Bonchev–Trinajstić information content (AvgIpc) is 3.43. The first-order chi connectivity index (χ1) is 16.0. The summed E-state index contributed by atoms with van der Waals surface area (Å²) in [5, 5.41) is 6.77. The van der Waals surface area contributed by atoms with Crippen LogP contribution in [0.25, 0.3) is 33.2 Å². The monoisotopic (exact) mass is 467 g/mol. The van der Waals surface area contributed by atoms with Gasteiger partial charge in [0.2, 0.25) is 10.0 Å². The standard InChI is InChI=1S/C23H29N7O2S/c1-2-13-33(31,32)29-10-6-16(7-11-29)8-12-30-23-20(22(24)26-15-27-23)21(28-30)18-3-4-19-17(14-18)5-9-25-19/h3-5,9,14-16,25H,2,6-8,10-13H2,1H3,(H2,24,26,27). The fourth-order valence-corrected chi connectivity index (χ4v) is 6.30. The van der Waals surface area contributed by atoms with Crippen molar-refractivity contribution in [2.75, 3.05) is 24.6 Å². The number of aryl methyl sites for hydroxylation is 1. The van der Waals surface area contributed by atoms with Gasteiger partial charge >= 0.3 is 0 Å². The molecule has 4 aromatic rings. The van der Waals surface area contributed by atoms with E-state index in [0.29, 0.717) is 37.8 Å². The highest BCUT2D eigenvalue weighted by Gasteiger charge is 2.27. The van der Waals surface area contributed by atoms with Crippen LogP contribution in [0.2, 0.25) is 0 Å². The van der Waals surface area contributed by atoms with Gasteiger partial charge in [0.25, 0.3) is 0 Å². The van der Waals surface area contributed by atoms with Gasteiger partial charge in [0.1, 0.15) is 17.8 Å². The van der Waals surface area contributed by atoms with E-state index < -0.39 is 10.0 Å². The number of hydrogen-bond donors (Lipinski definition) is 2. The summed E-state index contributed by atoms with van der Waals surface area (Å²) in [6.45, 7) is 3.80. The van der Waals surface area contributed by atoms with Gasteiger partial charge in [0.15, 0.2) is 5.65 Å². The third-order valence-corrected chi connectivity index (χ3v) is 8.64. The summed E-state index contributed by atoms with van der Waals surface area (Å²) in [4.78, 5) is 11.9.